The van der Waals surface area contributed by atoms with E-state index in [9.17, 15) is 4.79 Å². The zero-order valence-corrected chi connectivity index (χ0v) is 14.2. The molecule has 0 aromatic carbocycles. The minimum absolute atomic E-state index is 0.0344. The molecule has 1 aliphatic rings. The zero-order chi connectivity index (χ0) is 15.9. The van der Waals surface area contributed by atoms with Crippen LogP contribution < -0.4 is 5.32 Å². The maximum absolute atomic E-state index is 12.2. The summed E-state index contributed by atoms with van der Waals surface area (Å²) in [7, 11) is 2.18. The second-order valence-corrected chi connectivity index (χ2v) is 6.59. The molecule has 5 nitrogen and oxygen atoms in total. The number of amides is 1. The van der Waals surface area contributed by atoms with Crippen molar-refractivity contribution in [3.63, 3.8) is 0 Å². The molecule has 0 radical (unpaired) electrons. The van der Waals surface area contributed by atoms with Gasteiger partial charge < -0.3 is 14.8 Å². The number of carbonyl (C=O) groups is 1. The largest absolute Gasteiger partial charge is 0.355 e. The van der Waals surface area contributed by atoms with Crippen molar-refractivity contribution >= 4 is 5.91 Å². The van der Waals surface area contributed by atoms with E-state index in [4.69, 9.17) is 0 Å². The summed E-state index contributed by atoms with van der Waals surface area (Å²) in [6.07, 6.45) is 10.4. The minimum atomic E-state index is -0.0344. The van der Waals surface area contributed by atoms with E-state index in [2.05, 4.69) is 22.2 Å². The summed E-state index contributed by atoms with van der Waals surface area (Å²) in [5.41, 5.74) is 0. The normalized spacial score (nSPS) is 17.6. The fraction of sp³-hybridized carbons (Fsp3) is 0.765. The van der Waals surface area contributed by atoms with Crippen LogP contribution in [0.5, 0.6) is 0 Å². The maximum Gasteiger partial charge on any atom is 0.224 e. The number of nitrogens with one attached hydrogen (secondary N) is 1. The number of nitrogens with zero attached hydrogens (tertiary/aromatic N) is 3. The molecule has 0 bridgehead atoms. The lowest BCUT2D eigenvalue weighted by molar-refractivity contribution is -0.124. The topological polar surface area (TPSA) is 50.2 Å². The number of imidazole rings is 1. The standard InChI is InChI=1S/C17H30N4O/c1-14(13-21-12-10-18-15(21)2)17(22)19-9-11-20(3)16-7-5-4-6-8-16/h10,12,14,16H,4-9,11,13H2,1-3H3,(H,19,22). The molecule has 1 fully saturated rings. The van der Waals surface area contributed by atoms with Gasteiger partial charge in [-0.1, -0.05) is 26.2 Å². The Hall–Kier alpha value is -1.36. The van der Waals surface area contributed by atoms with E-state index in [0.717, 1.165) is 18.9 Å². The molecule has 0 aliphatic heterocycles. The van der Waals surface area contributed by atoms with Crippen molar-refractivity contribution in [2.24, 2.45) is 5.92 Å². The minimum Gasteiger partial charge on any atom is -0.355 e. The van der Waals surface area contributed by atoms with E-state index in [1.165, 1.54) is 32.1 Å². The van der Waals surface area contributed by atoms with Crippen molar-refractivity contribution in [2.45, 2.75) is 58.5 Å². The Morgan fingerprint density at radius 3 is 2.82 bits per heavy atom. The number of aromatic nitrogens is 2. The lowest BCUT2D eigenvalue weighted by Gasteiger charge is -2.31. The molecule has 124 valence electrons. The molecule has 1 aromatic rings. The molecule has 1 unspecified atom stereocenters. The second-order valence-electron chi connectivity index (χ2n) is 6.59. The number of rotatable bonds is 7. The monoisotopic (exact) mass is 306 g/mol. The summed E-state index contributed by atoms with van der Waals surface area (Å²) in [6, 6.07) is 0.705. The van der Waals surface area contributed by atoms with E-state index >= 15 is 0 Å². The van der Waals surface area contributed by atoms with Gasteiger partial charge in [-0.3, -0.25) is 4.79 Å². The van der Waals surface area contributed by atoms with Crippen LogP contribution in [0.4, 0.5) is 0 Å². The van der Waals surface area contributed by atoms with Crippen molar-refractivity contribution in [3.05, 3.63) is 18.2 Å². The van der Waals surface area contributed by atoms with Gasteiger partial charge in [-0.05, 0) is 26.8 Å². The molecule has 1 amide bonds. The number of hydrogen-bond donors (Lipinski definition) is 1. The molecule has 1 N–H and O–H groups in total. The van der Waals surface area contributed by atoms with Crippen LogP contribution in [0.25, 0.3) is 0 Å². The van der Waals surface area contributed by atoms with Crippen molar-refractivity contribution in [1.82, 2.24) is 19.8 Å². The van der Waals surface area contributed by atoms with Gasteiger partial charge in [0.25, 0.3) is 0 Å². The highest BCUT2D eigenvalue weighted by atomic mass is 16.1. The van der Waals surface area contributed by atoms with Crippen molar-refractivity contribution < 1.29 is 4.79 Å². The fourth-order valence-corrected chi connectivity index (χ4v) is 3.21. The van der Waals surface area contributed by atoms with E-state index in [1.807, 2.05) is 24.6 Å². The Morgan fingerprint density at radius 2 is 2.18 bits per heavy atom. The third-order valence-corrected chi connectivity index (χ3v) is 4.80. The summed E-state index contributed by atoms with van der Waals surface area (Å²) < 4.78 is 2.03. The smallest absolute Gasteiger partial charge is 0.224 e. The first kappa shape index (κ1) is 17.0. The van der Waals surface area contributed by atoms with Crippen LogP contribution >= 0.6 is 0 Å². The summed E-state index contributed by atoms with van der Waals surface area (Å²) in [4.78, 5) is 18.8. The van der Waals surface area contributed by atoms with E-state index in [-0.39, 0.29) is 11.8 Å². The predicted octanol–water partition coefficient (Wildman–Crippen LogP) is 2.21. The Bertz CT molecular complexity index is 465. The quantitative estimate of drug-likeness (QED) is 0.840. The molecule has 1 aliphatic carbocycles. The molecule has 1 atom stereocenters. The van der Waals surface area contributed by atoms with Gasteiger partial charge in [0.1, 0.15) is 5.82 Å². The van der Waals surface area contributed by atoms with Gasteiger partial charge >= 0.3 is 0 Å². The average molecular weight is 306 g/mol. The molecule has 2 rings (SSSR count). The molecule has 1 aromatic heterocycles. The summed E-state index contributed by atoms with van der Waals surface area (Å²) in [6.45, 7) is 6.30. The number of hydrogen-bond acceptors (Lipinski definition) is 3. The van der Waals surface area contributed by atoms with Gasteiger partial charge in [0, 0.05) is 38.1 Å². The third kappa shape index (κ3) is 4.83. The predicted molar refractivity (Wildman–Crippen MR) is 88.6 cm³/mol. The first-order valence-corrected chi connectivity index (χ1v) is 8.53. The van der Waals surface area contributed by atoms with Crippen LogP contribution in [0.2, 0.25) is 0 Å². The molecule has 1 heterocycles. The Kier molecular flexibility index (Phi) is 6.43. The van der Waals surface area contributed by atoms with E-state index in [0.29, 0.717) is 12.6 Å². The van der Waals surface area contributed by atoms with Gasteiger partial charge in [0.05, 0.1) is 5.92 Å². The van der Waals surface area contributed by atoms with Gasteiger partial charge in [0.2, 0.25) is 5.91 Å². The molecule has 0 saturated heterocycles. The SMILES string of the molecule is Cc1nccn1CC(C)C(=O)NCCN(C)C1CCCCC1. The Labute approximate surface area is 134 Å². The fourth-order valence-electron chi connectivity index (χ4n) is 3.21. The average Bonchev–Trinajstić information content (AvgIpc) is 2.93. The highest BCUT2D eigenvalue weighted by Gasteiger charge is 2.18. The zero-order valence-electron chi connectivity index (χ0n) is 14.2. The number of aryl methyl sites for hydroxylation is 1. The van der Waals surface area contributed by atoms with Crippen LogP contribution in [-0.2, 0) is 11.3 Å². The molecular formula is C17H30N4O. The highest BCUT2D eigenvalue weighted by molar-refractivity contribution is 5.78. The molecule has 22 heavy (non-hydrogen) atoms. The van der Waals surface area contributed by atoms with E-state index in [1.54, 1.807) is 6.20 Å². The second kappa shape index (κ2) is 8.32. The maximum atomic E-state index is 12.2. The van der Waals surface area contributed by atoms with Crippen LogP contribution in [0, 0.1) is 12.8 Å². The molecule has 0 spiro atoms. The van der Waals surface area contributed by atoms with Crippen LogP contribution in [0.1, 0.15) is 44.9 Å². The Balaban J connectivity index is 1.67. The molecule has 1 saturated carbocycles. The summed E-state index contributed by atoms with van der Waals surface area (Å²) in [5.74, 6) is 1.05. The summed E-state index contributed by atoms with van der Waals surface area (Å²) >= 11 is 0. The lowest BCUT2D eigenvalue weighted by Crippen LogP contribution is -2.41. The van der Waals surface area contributed by atoms with Crippen molar-refractivity contribution in [3.8, 4) is 0 Å². The number of likely N-dealkylation sites (N-methyl/N-ethyl adjacent to an activating group) is 1. The first-order chi connectivity index (χ1) is 10.6. The molecule has 5 heteroatoms. The lowest BCUT2D eigenvalue weighted by atomic mass is 9.94. The summed E-state index contributed by atoms with van der Waals surface area (Å²) in [5, 5.41) is 3.07. The highest BCUT2D eigenvalue weighted by Crippen LogP contribution is 2.21. The van der Waals surface area contributed by atoms with Gasteiger partial charge in [-0.15, -0.1) is 0 Å². The van der Waals surface area contributed by atoms with Crippen LogP contribution in [-0.4, -0.2) is 46.5 Å². The van der Waals surface area contributed by atoms with Crippen molar-refractivity contribution in [1.29, 1.82) is 0 Å². The van der Waals surface area contributed by atoms with Crippen LogP contribution in [0.15, 0.2) is 12.4 Å². The van der Waals surface area contributed by atoms with Gasteiger partial charge in [-0.2, -0.15) is 0 Å². The van der Waals surface area contributed by atoms with Crippen LogP contribution in [0.3, 0.4) is 0 Å². The number of carbonyl (C=O) groups excluding carboxylic acids is 1. The van der Waals surface area contributed by atoms with E-state index < -0.39 is 0 Å². The first-order valence-electron chi connectivity index (χ1n) is 8.53. The van der Waals surface area contributed by atoms with Crippen molar-refractivity contribution in [2.75, 3.05) is 20.1 Å². The van der Waals surface area contributed by atoms with Gasteiger partial charge in [0.15, 0.2) is 0 Å². The Morgan fingerprint density at radius 1 is 1.45 bits per heavy atom. The van der Waals surface area contributed by atoms with Gasteiger partial charge in [-0.25, -0.2) is 4.98 Å². The third-order valence-electron chi connectivity index (χ3n) is 4.80. The molecular weight excluding hydrogens is 276 g/mol.